The summed E-state index contributed by atoms with van der Waals surface area (Å²) >= 11 is 0. The molecular formula is C43H73N3O30. The number of aliphatic hydroxyl groups is 16. The molecule has 30 atom stereocenters. The third-order valence-corrected chi connectivity index (χ3v) is 13.9. The van der Waals surface area contributed by atoms with Crippen molar-refractivity contribution in [1.29, 1.82) is 0 Å². The molecule has 0 radical (unpaired) electrons. The fraction of sp³-hybridized carbons (Fsp3) is 0.930. The molecule has 0 aromatic heterocycles. The monoisotopic (exact) mass is 1110 g/mol. The van der Waals surface area contributed by atoms with Crippen LogP contribution < -0.4 is 16.0 Å². The quantitative estimate of drug-likeness (QED) is 0.0571. The molecule has 12 unspecified atom stereocenters. The molecule has 0 bridgehead atoms. The summed E-state index contributed by atoms with van der Waals surface area (Å²) < 4.78 is 64.4. The van der Waals surface area contributed by atoms with Crippen LogP contribution in [0.4, 0.5) is 0 Å². The van der Waals surface area contributed by atoms with Crippen LogP contribution in [-0.4, -0.2) is 323 Å². The van der Waals surface area contributed by atoms with Crippen molar-refractivity contribution in [2.45, 2.75) is 212 Å². The maximum atomic E-state index is 12.7. The molecule has 0 aliphatic carbocycles. The highest BCUT2D eigenvalue weighted by molar-refractivity contribution is 5.74. The molecule has 440 valence electrons. The summed E-state index contributed by atoms with van der Waals surface area (Å²) in [5, 5.41) is 181. The Morgan fingerprint density at radius 1 is 0.355 bits per heavy atom. The van der Waals surface area contributed by atoms with Gasteiger partial charge in [0.2, 0.25) is 17.7 Å². The SMILES string of the molecule is CC(=O)NC1[C@H](OC2C(O)[C@H](O)[C@@H](CO)O[C@@H]2OC2[C@H](O)C(CO[C@H]3OC(CO)[C@@H](O)C(O)[C@H]3O)O[C@@H](O[C@@H]3C(CO)O[C@@H](O[C@@H]4C(CO)O[C@@H](C)C(NC(C)=O)[C@H]4O)[C@@H](NC(C)=O)C3O)[C@@H]2O)OC(CO)[C@@H](O)[C@@H]1O. The predicted molar refractivity (Wildman–Crippen MR) is 237 cm³/mol. The first kappa shape index (κ1) is 62.5. The van der Waals surface area contributed by atoms with Gasteiger partial charge in [-0.05, 0) is 6.92 Å². The molecule has 6 heterocycles. The minimum Gasteiger partial charge on any atom is -0.394 e. The van der Waals surface area contributed by atoms with E-state index in [0.717, 1.165) is 13.8 Å². The minimum absolute atomic E-state index is 0.563. The smallest absolute Gasteiger partial charge is 0.217 e. The summed E-state index contributed by atoms with van der Waals surface area (Å²) in [7, 11) is 0. The Bertz CT molecular complexity index is 1870. The summed E-state index contributed by atoms with van der Waals surface area (Å²) in [5.41, 5.74) is 0. The van der Waals surface area contributed by atoms with Crippen LogP contribution in [-0.2, 0) is 66.5 Å². The zero-order valence-electron chi connectivity index (χ0n) is 41.4. The second kappa shape index (κ2) is 27.2. The van der Waals surface area contributed by atoms with Crippen LogP contribution in [0.1, 0.15) is 27.7 Å². The van der Waals surface area contributed by atoms with Crippen molar-refractivity contribution in [3.8, 4) is 0 Å². The van der Waals surface area contributed by atoms with Gasteiger partial charge in [-0.3, -0.25) is 14.4 Å². The van der Waals surface area contributed by atoms with Gasteiger partial charge in [-0.15, -0.1) is 0 Å². The molecule has 6 rings (SSSR count). The third kappa shape index (κ3) is 13.7. The molecule has 6 fully saturated rings. The van der Waals surface area contributed by atoms with E-state index in [0.29, 0.717) is 0 Å². The summed E-state index contributed by atoms with van der Waals surface area (Å²) in [5.74, 6) is -2.16. The molecule has 33 heteroatoms. The molecule has 6 saturated heterocycles. The zero-order valence-corrected chi connectivity index (χ0v) is 41.4. The highest BCUT2D eigenvalue weighted by Crippen LogP contribution is 2.37. The number of carbonyl (C=O) groups excluding carboxylic acids is 3. The maximum Gasteiger partial charge on any atom is 0.217 e. The lowest BCUT2D eigenvalue weighted by molar-refractivity contribution is -0.394. The Kier molecular flexibility index (Phi) is 22.4. The molecule has 19 N–H and O–H groups in total. The van der Waals surface area contributed by atoms with Gasteiger partial charge in [0.15, 0.2) is 31.5 Å². The number of carbonyl (C=O) groups is 3. The molecule has 0 saturated carbocycles. The van der Waals surface area contributed by atoms with Crippen LogP contribution in [0.25, 0.3) is 0 Å². The fourth-order valence-electron chi connectivity index (χ4n) is 9.86. The van der Waals surface area contributed by atoms with Crippen LogP contribution >= 0.6 is 0 Å². The van der Waals surface area contributed by atoms with Gasteiger partial charge in [0.25, 0.3) is 0 Å². The molecule has 33 nitrogen and oxygen atoms in total. The van der Waals surface area contributed by atoms with Crippen LogP contribution in [0.5, 0.6) is 0 Å². The molecule has 0 aromatic carbocycles. The molecular weight excluding hydrogens is 1040 g/mol. The van der Waals surface area contributed by atoms with Gasteiger partial charge in [0.05, 0.1) is 51.8 Å². The molecule has 6 aliphatic rings. The first-order valence-electron chi connectivity index (χ1n) is 24.4. The molecule has 0 aromatic rings. The Labute approximate surface area is 432 Å². The minimum atomic E-state index is -2.32. The predicted octanol–water partition coefficient (Wildman–Crippen LogP) is -12.6. The molecule has 76 heavy (non-hydrogen) atoms. The van der Waals surface area contributed by atoms with E-state index in [1.807, 2.05) is 0 Å². The average molecular weight is 1110 g/mol. The van der Waals surface area contributed by atoms with Gasteiger partial charge in [0.1, 0.15) is 140 Å². The number of hydrogen-bond acceptors (Lipinski definition) is 30. The van der Waals surface area contributed by atoms with Crippen LogP contribution in [0.3, 0.4) is 0 Å². The van der Waals surface area contributed by atoms with Gasteiger partial charge in [-0.1, -0.05) is 0 Å². The number of amides is 3. The van der Waals surface area contributed by atoms with E-state index in [9.17, 15) is 96.1 Å². The van der Waals surface area contributed by atoms with E-state index in [-0.39, 0.29) is 0 Å². The normalized spacial score (nSPS) is 48.2. The van der Waals surface area contributed by atoms with Gasteiger partial charge in [-0.25, -0.2) is 0 Å². The summed E-state index contributed by atoms with van der Waals surface area (Å²) in [6.45, 7) is -0.761. The second-order valence-electron chi connectivity index (χ2n) is 19.3. The van der Waals surface area contributed by atoms with E-state index in [1.165, 1.54) is 13.8 Å². The van der Waals surface area contributed by atoms with Crippen molar-refractivity contribution in [2.75, 3.05) is 39.6 Å². The van der Waals surface area contributed by atoms with E-state index < -0.39 is 241 Å². The fourth-order valence-corrected chi connectivity index (χ4v) is 9.86. The molecule has 6 aliphatic heterocycles. The molecule has 0 spiro atoms. The maximum absolute atomic E-state index is 12.7. The summed E-state index contributed by atoms with van der Waals surface area (Å²) in [6, 6.07) is -4.47. The lowest BCUT2D eigenvalue weighted by Crippen LogP contribution is -2.70. The van der Waals surface area contributed by atoms with Crippen molar-refractivity contribution in [3.05, 3.63) is 0 Å². The van der Waals surface area contributed by atoms with Gasteiger partial charge >= 0.3 is 0 Å². The van der Waals surface area contributed by atoms with Crippen molar-refractivity contribution in [1.82, 2.24) is 16.0 Å². The standard InChI is InChI=1S/C43H73N3O30/c1-11-21(44-12(2)52)29(60)35(18(8-50)67-11)73-40-23(46-14(4)54)30(61)36(19(9-51)71-40)74-42-34(65)37(27(58)20(72-42)10-66-41-33(64)31(62)25(56)16(6-48)69-41)75-43-38(32(63)26(57)17(7-49)70-43)76-39-22(45-13(3)53)28(59)24(55)15(5-47)68-39/h11,15-43,47-51,55-65H,5-10H2,1-4H3,(H,44,52)(H,45,53)(H,46,54)/t11-,15?,16?,17+,18?,19?,20?,21?,22?,23-,24+,25+,26+,27+,28+,29+,30?,31?,32?,33+,34+,35+,36+,37?,38?,39-,40-,41-,42-,43+/m0/s1. The van der Waals surface area contributed by atoms with Crippen molar-refractivity contribution < 1.29 is 148 Å². The first-order valence-corrected chi connectivity index (χ1v) is 24.4. The Morgan fingerprint density at radius 3 is 1.26 bits per heavy atom. The van der Waals surface area contributed by atoms with Crippen molar-refractivity contribution in [2.24, 2.45) is 0 Å². The second-order valence-corrected chi connectivity index (χ2v) is 19.3. The van der Waals surface area contributed by atoms with Crippen LogP contribution in [0, 0.1) is 0 Å². The van der Waals surface area contributed by atoms with Gasteiger partial charge in [-0.2, -0.15) is 0 Å². The summed E-state index contributed by atoms with van der Waals surface area (Å²) in [6.07, 6.45) is -49.9. The van der Waals surface area contributed by atoms with E-state index in [1.54, 1.807) is 0 Å². The van der Waals surface area contributed by atoms with Gasteiger partial charge in [0, 0.05) is 20.8 Å². The van der Waals surface area contributed by atoms with Crippen molar-refractivity contribution in [3.63, 3.8) is 0 Å². The molecule has 3 amide bonds. The zero-order chi connectivity index (χ0) is 56.2. The Hall–Kier alpha value is -2.67. The third-order valence-electron chi connectivity index (χ3n) is 13.9. The van der Waals surface area contributed by atoms with Crippen LogP contribution in [0.15, 0.2) is 0 Å². The number of hydrogen-bond donors (Lipinski definition) is 19. The van der Waals surface area contributed by atoms with Crippen molar-refractivity contribution >= 4 is 17.7 Å². The first-order chi connectivity index (χ1) is 35.9. The largest absolute Gasteiger partial charge is 0.394 e. The van der Waals surface area contributed by atoms with Gasteiger partial charge < -0.3 is 150 Å². The summed E-state index contributed by atoms with van der Waals surface area (Å²) in [4.78, 5) is 36.9. The number of nitrogens with one attached hydrogen (secondary N) is 3. The number of ether oxygens (including phenoxy) is 11. The van der Waals surface area contributed by atoms with E-state index in [4.69, 9.17) is 52.1 Å². The lowest BCUT2D eigenvalue weighted by atomic mass is 9.92. The topological polar surface area (TPSA) is 513 Å². The lowest BCUT2D eigenvalue weighted by Gasteiger charge is -2.51. The Balaban J connectivity index is 1.33. The number of aliphatic hydroxyl groups excluding tert-OH is 16. The Morgan fingerprint density at radius 2 is 0.737 bits per heavy atom. The highest BCUT2D eigenvalue weighted by atomic mass is 16.8. The van der Waals surface area contributed by atoms with Crippen LogP contribution in [0.2, 0.25) is 0 Å². The van der Waals surface area contributed by atoms with E-state index in [2.05, 4.69) is 16.0 Å². The highest BCUT2D eigenvalue weighted by Gasteiger charge is 2.58. The number of rotatable bonds is 19. The average Bonchev–Trinajstić information content (AvgIpc) is 3.37. The van der Waals surface area contributed by atoms with E-state index >= 15 is 0 Å².